The van der Waals surface area contributed by atoms with E-state index in [1.807, 2.05) is 19.9 Å². The molecule has 4 aliphatic rings. The fourth-order valence-electron chi connectivity index (χ4n) is 6.43. The van der Waals surface area contributed by atoms with Gasteiger partial charge in [-0.2, -0.15) is 0 Å². The van der Waals surface area contributed by atoms with Crippen LogP contribution >= 0.6 is 0 Å². The molecular weight excluding hydrogens is 356 g/mol. The molecule has 5 nitrogen and oxygen atoms in total. The lowest BCUT2D eigenvalue weighted by molar-refractivity contribution is -0.344. The Hall–Kier alpha value is -1.17. The summed E-state index contributed by atoms with van der Waals surface area (Å²) in [6.07, 6.45) is 6.22. The van der Waals surface area contributed by atoms with Gasteiger partial charge in [-0.15, -0.1) is 0 Å². The van der Waals surface area contributed by atoms with E-state index in [9.17, 15) is 9.90 Å². The van der Waals surface area contributed by atoms with E-state index in [1.54, 1.807) is 0 Å². The summed E-state index contributed by atoms with van der Waals surface area (Å²) in [6.45, 7) is 13.9. The first-order valence-electron chi connectivity index (χ1n) is 10.6. The molecule has 2 heterocycles. The van der Waals surface area contributed by atoms with Gasteiger partial charge in [0.1, 0.15) is 12.7 Å². The molecule has 1 unspecified atom stereocenters. The van der Waals surface area contributed by atoms with Crippen molar-refractivity contribution < 1.29 is 24.1 Å². The first kappa shape index (κ1) is 20.1. The monoisotopic (exact) mass is 390 g/mol. The van der Waals surface area contributed by atoms with Crippen LogP contribution in [0.1, 0.15) is 59.8 Å². The molecule has 0 aromatic carbocycles. The quantitative estimate of drug-likeness (QED) is 0.442. The van der Waals surface area contributed by atoms with Gasteiger partial charge in [0, 0.05) is 5.41 Å². The van der Waals surface area contributed by atoms with Crippen LogP contribution in [0.3, 0.4) is 0 Å². The molecule has 156 valence electrons. The van der Waals surface area contributed by atoms with Crippen molar-refractivity contribution in [2.24, 2.45) is 22.7 Å². The lowest BCUT2D eigenvalue weighted by Crippen LogP contribution is -2.62. The van der Waals surface area contributed by atoms with Crippen molar-refractivity contribution in [3.05, 3.63) is 23.8 Å². The van der Waals surface area contributed by atoms with Gasteiger partial charge in [0.2, 0.25) is 0 Å². The average Bonchev–Trinajstić information content (AvgIpc) is 2.93. The molecule has 2 saturated carbocycles. The van der Waals surface area contributed by atoms with Gasteiger partial charge in [0.05, 0.1) is 18.3 Å². The summed E-state index contributed by atoms with van der Waals surface area (Å²) in [5.74, 6) is -0.141. The molecule has 5 heteroatoms. The number of ether oxygens (including phenoxy) is 3. The van der Waals surface area contributed by atoms with Crippen LogP contribution in [0.4, 0.5) is 0 Å². The minimum Gasteiger partial charge on any atom is -0.459 e. The number of hydrogen-bond acceptors (Lipinski definition) is 5. The van der Waals surface area contributed by atoms with E-state index in [2.05, 4.69) is 20.4 Å². The Kier molecular flexibility index (Phi) is 4.80. The number of esters is 1. The Morgan fingerprint density at radius 3 is 2.64 bits per heavy atom. The molecular formula is C23H34O5. The minimum absolute atomic E-state index is 0.0135. The standard InChI is InChI=1S/C23H34O5/c1-14-6-9-18-22(4,16(14)8-7-15-17(24)12-26-20(15)25)11-10-19-23(18,5)13-27-21(2,3)28-19/h7,16-19,24H,1,6,8-13H2,2-5H3/b15-7+/t16?,17-,18+,19-,22+,23+/m1/s1. The number of allylic oxidation sites excluding steroid dienone is 2. The second kappa shape index (κ2) is 6.68. The van der Waals surface area contributed by atoms with Crippen molar-refractivity contribution in [3.63, 3.8) is 0 Å². The highest BCUT2D eigenvalue weighted by Gasteiger charge is 2.60. The third-order valence-electron chi connectivity index (χ3n) is 8.01. The fourth-order valence-corrected chi connectivity index (χ4v) is 6.43. The van der Waals surface area contributed by atoms with E-state index in [1.165, 1.54) is 5.57 Å². The molecule has 2 saturated heterocycles. The van der Waals surface area contributed by atoms with Crippen LogP contribution in [0.15, 0.2) is 23.8 Å². The number of carbonyl (C=O) groups is 1. The highest BCUT2D eigenvalue weighted by molar-refractivity contribution is 5.91. The maximum atomic E-state index is 11.9. The maximum Gasteiger partial charge on any atom is 0.336 e. The van der Waals surface area contributed by atoms with Crippen LogP contribution in [0.2, 0.25) is 0 Å². The molecule has 0 bridgehead atoms. The Labute approximate surface area is 168 Å². The fraction of sp³-hybridized carbons (Fsp3) is 0.783. The molecule has 4 rings (SSSR count). The van der Waals surface area contributed by atoms with Gasteiger partial charge in [-0.05, 0) is 63.2 Å². The summed E-state index contributed by atoms with van der Waals surface area (Å²) in [6, 6.07) is 0. The summed E-state index contributed by atoms with van der Waals surface area (Å²) in [4.78, 5) is 11.9. The van der Waals surface area contributed by atoms with Crippen molar-refractivity contribution in [3.8, 4) is 0 Å². The van der Waals surface area contributed by atoms with E-state index < -0.39 is 11.9 Å². The lowest BCUT2D eigenvalue weighted by atomic mass is 9.46. The van der Waals surface area contributed by atoms with Gasteiger partial charge in [-0.3, -0.25) is 0 Å². The summed E-state index contributed by atoms with van der Waals surface area (Å²) in [5.41, 5.74) is 1.74. The molecule has 6 atom stereocenters. The van der Waals surface area contributed by atoms with Crippen molar-refractivity contribution in [2.45, 2.75) is 77.8 Å². The topological polar surface area (TPSA) is 65.0 Å². The van der Waals surface area contributed by atoms with Gasteiger partial charge < -0.3 is 19.3 Å². The van der Waals surface area contributed by atoms with Gasteiger partial charge in [0.25, 0.3) is 0 Å². The van der Waals surface area contributed by atoms with Gasteiger partial charge >= 0.3 is 5.97 Å². The molecule has 0 spiro atoms. The SMILES string of the molecule is C=C1CC[C@@H]2[C@]3(C)COC(C)(C)O[C@@H]3CC[C@@]2(C)C1C/C=C1/C(=O)OC[C@H]1O. The van der Waals surface area contributed by atoms with Crippen molar-refractivity contribution in [2.75, 3.05) is 13.2 Å². The third-order valence-corrected chi connectivity index (χ3v) is 8.01. The zero-order valence-corrected chi connectivity index (χ0v) is 17.6. The van der Waals surface area contributed by atoms with Crippen LogP contribution < -0.4 is 0 Å². The second-order valence-electron chi connectivity index (χ2n) is 10.2. The number of fused-ring (bicyclic) bond motifs is 3. The highest BCUT2D eigenvalue weighted by atomic mass is 16.7. The highest BCUT2D eigenvalue weighted by Crippen LogP contribution is 2.63. The third kappa shape index (κ3) is 3.06. The van der Waals surface area contributed by atoms with Gasteiger partial charge in [0.15, 0.2) is 5.79 Å². The molecule has 0 radical (unpaired) electrons. The van der Waals surface area contributed by atoms with Crippen LogP contribution in [0.25, 0.3) is 0 Å². The molecule has 2 aliphatic heterocycles. The van der Waals surface area contributed by atoms with E-state index in [4.69, 9.17) is 14.2 Å². The largest absolute Gasteiger partial charge is 0.459 e. The van der Waals surface area contributed by atoms with E-state index in [-0.39, 0.29) is 35.4 Å². The Morgan fingerprint density at radius 2 is 1.96 bits per heavy atom. The van der Waals surface area contributed by atoms with E-state index in [0.717, 1.165) is 38.7 Å². The zero-order valence-electron chi connectivity index (χ0n) is 17.6. The molecule has 0 aromatic rings. The number of cyclic esters (lactones) is 1. The average molecular weight is 391 g/mol. The van der Waals surface area contributed by atoms with Crippen molar-refractivity contribution in [1.82, 2.24) is 0 Å². The number of rotatable bonds is 2. The molecule has 1 N–H and O–H groups in total. The van der Waals surface area contributed by atoms with Crippen LogP contribution in [-0.4, -0.2) is 42.3 Å². The molecule has 4 fully saturated rings. The first-order chi connectivity index (χ1) is 13.1. The number of hydrogen-bond donors (Lipinski definition) is 1. The minimum atomic E-state index is -0.802. The lowest BCUT2D eigenvalue weighted by Gasteiger charge is -2.63. The summed E-state index contributed by atoms with van der Waals surface area (Å²) in [5, 5.41) is 10.0. The number of carbonyl (C=O) groups excluding carboxylic acids is 1. The van der Waals surface area contributed by atoms with E-state index in [0.29, 0.717) is 11.5 Å². The predicted molar refractivity (Wildman–Crippen MR) is 105 cm³/mol. The van der Waals surface area contributed by atoms with Gasteiger partial charge in [-0.25, -0.2) is 4.79 Å². The Bertz CT molecular complexity index is 710. The zero-order chi connectivity index (χ0) is 20.3. The number of aliphatic hydroxyl groups excluding tert-OH is 1. The molecule has 0 aromatic heterocycles. The van der Waals surface area contributed by atoms with Crippen LogP contribution in [0.5, 0.6) is 0 Å². The Morgan fingerprint density at radius 1 is 1.21 bits per heavy atom. The van der Waals surface area contributed by atoms with Gasteiger partial charge in [-0.1, -0.05) is 32.1 Å². The molecule has 28 heavy (non-hydrogen) atoms. The molecule has 2 aliphatic carbocycles. The van der Waals surface area contributed by atoms with E-state index >= 15 is 0 Å². The van der Waals surface area contributed by atoms with Crippen molar-refractivity contribution >= 4 is 5.97 Å². The number of aliphatic hydroxyl groups is 1. The Balaban J connectivity index is 1.61. The summed E-state index contributed by atoms with van der Waals surface area (Å²) in [7, 11) is 0. The first-order valence-corrected chi connectivity index (χ1v) is 10.6. The smallest absolute Gasteiger partial charge is 0.336 e. The van der Waals surface area contributed by atoms with Crippen LogP contribution in [0, 0.1) is 22.7 Å². The second-order valence-corrected chi connectivity index (χ2v) is 10.2. The van der Waals surface area contributed by atoms with Crippen molar-refractivity contribution in [1.29, 1.82) is 0 Å². The van der Waals surface area contributed by atoms with Crippen LogP contribution in [-0.2, 0) is 19.0 Å². The summed E-state index contributed by atoms with van der Waals surface area (Å²) < 4.78 is 17.4. The maximum absolute atomic E-state index is 11.9. The summed E-state index contributed by atoms with van der Waals surface area (Å²) >= 11 is 0. The normalized spacial score (nSPS) is 46.8. The predicted octanol–water partition coefficient (Wildman–Crippen LogP) is 3.76. The molecule has 0 amide bonds.